The van der Waals surface area contributed by atoms with Crippen molar-refractivity contribution in [3.63, 3.8) is 0 Å². The molecule has 0 aliphatic heterocycles. The summed E-state index contributed by atoms with van der Waals surface area (Å²) in [5.41, 5.74) is 6.46. The van der Waals surface area contributed by atoms with Gasteiger partial charge in [-0.3, -0.25) is 0 Å². The lowest BCUT2D eigenvalue weighted by molar-refractivity contribution is 0.593. The Kier molecular flexibility index (Phi) is 5.57. The lowest BCUT2D eigenvalue weighted by Crippen LogP contribution is -1.97. The summed E-state index contributed by atoms with van der Waals surface area (Å²) < 4.78 is 10.9. The monoisotopic (exact) mass is 600 g/mol. The molecule has 8 aromatic carbocycles. The molecule has 0 spiro atoms. The minimum Gasteiger partial charge on any atom is -0.461 e. The molecule has 0 unspecified atom stereocenters. The van der Waals surface area contributed by atoms with Crippen LogP contribution in [0, 0.1) is 0 Å². The smallest absolute Gasteiger partial charge is 0.151 e. The SMILES string of the molecule is c1ccc(-n2ccoc3cc4c5ccccc5c5ccccc5c5ccc(-n6c7ccccc7c7ccccc76)cc5c4cc32)cc1. The van der Waals surface area contributed by atoms with Gasteiger partial charge in [0.15, 0.2) is 5.58 Å². The van der Waals surface area contributed by atoms with Gasteiger partial charge in [-0.1, -0.05) is 109 Å². The van der Waals surface area contributed by atoms with Gasteiger partial charge < -0.3 is 13.6 Å². The van der Waals surface area contributed by atoms with Crippen molar-refractivity contribution in [2.45, 2.75) is 0 Å². The van der Waals surface area contributed by atoms with E-state index in [9.17, 15) is 0 Å². The fraction of sp³-hybridized carbons (Fsp3) is 0. The van der Waals surface area contributed by atoms with Crippen LogP contribution in [0.4, 0.5) is 0 Å². The highest BCUT2D eigenvalue weighted by molar-refractivity contribution is 6.27. The number of hydrogen-bond acceptors (Lipinski definition) is 1. The van der Waals surface area contributed by atoms with E-state index in [2.05, 4.69) is 167 Å². The minimum atomic E-state index is 0.832. The zero-order valence-electron chi connectivity index (χ0n) is 25.5. The first-order valence-electron chi connectivity index (χ1n) is 16.0. The summed E-state index contributed by atoms with van der Waals surface area (Å²) in [5.74, 6) is 0. The van der Waals surface area contributed by atoms with Gasteiger partial charge in [0.2, 0.25) is 0 Å². The van der Waals surface area contributed by atoms with Gasteiger partial charge in [-0.05, 0) is 91.6 Å². The van der Waals surface area contributed by atoms with Crippen molar-refractivity contribution in [2.24, 2.45) is 0 Å². The Hall–Kier alpha value is -6.32. The van der Waals surface area contributed by atoms with Gasteiger partial charge in [0.25, 0.3) is 0 Å². The molecular formula is C44H28N2O. The lowest BCUT2D eigenvalue weighted by Gasteiger charge is -2.15. The maximum atomic E-state index is 6.24. The standard InChI is InChI=1S/C44H28N2O/c1-2-12-29(13-3-1)45-24-25-47-44-28-40-34-17-7-6-15-32(34)31-14-4-5-16-33(31)35-23-22-30(26-38(35)39(40)27-43(44)45)46-41-20-10-8-18-36(41)37-19-9-11-21-42(37)46/h1-28H. The van der Waals surface area contributed by atoms with Gasteiger partial charge in [0, 0.05) is 28.3 Å². The normalized spacial score (nSPS) is 11.8. The molecule has 0 bridgehead atoms. The van der Waals surface area contributed by atoms with E-state index in [-0.39, 0.29) is 0 Å². The number of fused-ring (bicyclic) bond motifs is 12. The van der Waals surface area contributed by atoms with Crippen molar-refractivity contribution in [1.82, 2.24) is 9.13 Å². The molecule has 2 aromatic heterocycles. The highest BCUT2D eigenvalue weighted by Crippen LogP contribution is 2.39. The minimum absolute atomic E-state index is 0.832. The number of nitrogens with zero attached hydrogens (tertiary/aromatic N) is 2. The molecule has 10 aromatic rings. The number of para-hydroxylation sites is 3. The molecule has 0 N–H and O–H groups in total. The first kappa shape index (κ1) is 26.0. The Morgan fingerprint density at radius 3 is 1.47 bits per heavy atom. The van der Waals surface area contributed by atoms with Crippen LogP contribution in [0.15, 0.2) is 175 Å². The number of rotatable bonds is 2. The summed E-state index contributed by atoms with van der Waals surface area (Å²) in [6, 6.07) is 57.0. The second-order valence-electron chi connectivity index (χ2n) is 12.2. The van der Waals surface area contributed by atoms with Crippen molar-refractivity contribution in [3.8, 4) is 11.4 Å². The Morgan fingerprint density at radius 2 is 0.830 bits per heavy atom. The molecule has 0 radical (unpaired) electrons. The van der Waals surface area contributed by atoms with E-state index in [1.54, 1.807) is 6.26 Å². The van der Waals surface area contributed by atoms with Gasteiger partial charge in [0.1, 0.15) is 6.26 Å². The van der Waals surface area contributed by atoms with E-state index in [1.807, 2.05) is 6.20 Å². The highest BCUT2D eigenvalue weighted by Gasteiger charge is 2.15. The van der Waals surface area contributed by atoms with Gasteiger partial charge in [0.05, 0.1) is 16.6 Å². The van der Waals surface area contributed by atoms with Crippen molar-refractivity contribution in [1.29, 1.82) is 0 Å². The van der Waals surface area contributed by atoms with Crippen LogP contribution in [0.3, 0.4) is 0 Å². The second-order valence-corrected chi connectivity index (χ2v) is 12.2. The van der Waals surface area contributed by atoms with Crippen LogP contribution in [0.5, 0.6) is 0 Å². The molecule has 2 heterocycles. The molecule has 0 aliphatic carbocycles. The van der Waals surface area contributed by atoms with E-state index >= 15 is 0 Å². The molecule has 0 aliphatic rings. The maximum Gasteiger partial charge on any atom is 0.151 e. The lowest BCUT2D eigenvalue weighted by atomic mass is 9.94. The van der Waals surface area contributed by atoms with E-state index in [1.165, 1.54) is 59.5 Å². The summed E-state index contributed by atoms with van der Waals surface area (Å²) in [4.78, 5) is 0. The summed E-state index contributed by atoms with van der Waals surface area (Å²) in [6.45, 7) is 0. The summed E-state index contributed by atoms with van der Waals surface area (Å²) in [6.07, 6.45) is 3.78. The average molecular weight is 601 g/mol. The van der Waals surface area contributed by atoms with Crippen molar-refractivity contribution >= 4 is 76.0 Å². The fourth-order valence-electron chi connectivity index (χ4n) is 7.59. The molecule has 0 saturated heterocycles. The van der Waals surface area contributed by atoms with Gasteiger partial charge in [-0.2, -0.15) is 0 Å². The average Bonchev–Trinajstić information content (AvgIpc) is 3.48. The summed E-state index contributed by atoms with van der Waals surface area (Å²) >= 11 is 0. The van der Waals surface area contributed by atoms with Crippen LogP contribution in [0.2, 0.25) is 0 Å². The summed E-state index contributed by atoms with van der Waals surface area (Å²) in [7, 11) is 0. The van der Waals surface area contributed by atoms with Crippen LogP contribution in [-0.4, -0.2) is 9.13 Å². The molecule has 47 heavy (non-hydrogen) atoms. The quantitative estimate of drug-likeness (QED) is 0.194. The van der Waals surface area contributed by atoms with Crippen LogP contribution in [0.1, 0.15) is 0 Å². The third-order valence-electron chi connectivity index (χ3n) is 9.65. The molecule has 0 amide bonds. The first-order valence-corrected chi connectivity index (χ1v) is 16.0. The van der Waals surface area contributed by atoms with E-state index < -0.39 is 0 Å². The van der Waals surface area contributed by atoms with Gasteiger partial charge >= 0.3 is 0 Å². The third-order valence-corrected chi connectivity index (χ3v) is 9.65. The topological polar surface area (TPSA) is 23.0 Å². The van der Waals surface area contributed by atoms with Gasteiger partial charge in [-0.25, -0.2) is 0 Å². The van der Waals surface area contributed by atoms with Crippen molar-refractivity contribution in [3.05, 3.63) is 170 Å². The van der Waals surface area contributed by atoms with E-state index in [0.717, 1.165) is 27.9 Å². The second kappa shape index (κ2) is 10.1. The molecule has 0 saturated carbocycles. The van der Waals surface area contributed by atoms with Gasteiger partial charge in [-0.15, -0.1) is 0 Å². The molecule has 0 atom stereocenters. The Labute approximate surface area is 270 Å². The van der Waals surface area contributed by atoms with Crippen molar-refractivity contribution in [2.75, 3.05) is 0 Å². The Balaban J connectivity index is 1.44. The van der Waals surface area contributed by atoms with Crippen LogP contribution < -0.4 is 0 Å². The first-order chi connectivity index (χ1) is 23.3. The molecule has 0 fully saturated rings. The van der Waals surface area contributed by atoms with E-state index in [4.69, 9.17) is 4.42 Å². The molecule has 10 rings (SSSR count). The zero-order chi connectivity index (χ0) is 30.9. The number of benzene rings is 7. The van der Waals surface area contributed by atoms with Crippen LogP contribution >= 0.6 is 0 Å². The van der Waals surface area contributed by atoms with Crippen LogP contribution in [-0.2, 0) is 0 Å². The molecule has 220 valence electrons. The number of aromatic nitrogens is 2. The molecule has 3 heteroatoms. The Bertz CT molecular complexity index is 2850. The molecule has 3 nitrogen and oxygen atoms in total. The zero-order valence-corrected chi connectivity index (χ0v) is 25.5. The third kappa shape index (κ3) is 3.87. The number of hydrogen-bond donors (Lipinski definition) is 0. The predicted molar refractivity (Wildman–Crippen MR) is 198 cm³/mol. The van der Waals surface area contributed by atoms with Crippen LogP contribution in [0.25, 0.3) is 87.4 Å². The highest BCUT2D eigenvalue weighted by atomic mass is 16.3. The van der Waals surface area contributed by atoms with E-state index in [0.29, 0.717) is 0 Å². The molecular weight excluding hydrogens is 572 g/mol. The predicted octanol–water partition coefficient (Wildman–Crippen LogP) is 12.1. The fourth-order valence-corrected chi connectivity index (χ4v) is 7.59. The largest absolute Gasteiger partial charge is 0.461 e. The van der Waals surface area contributed by atoms with Crippen molar-refractivity contribution < 1.29 is 4.42 Å². The Morgan fingerprint density at radius 1 is 0.340 bits per heavy atom. The summed E-state index contributed by atoms with van der Waals surface area (Å²) in [5, 5.41) is 12.1. The maximum absolute atomic E-state index is 6.24.